The molecule has 1 unspecified atom stereocenters. The molecule has 2 N–H and O–H groups in total. The molecule has 0 radical (unpaired) electrons. The van der Waals surface area contributed by atoms with E-state index in [1.165, 1.54) is 32.1 Å². The minimum absolute atomic E-state index is 0.131. The van der Waals surface area contributed by atoms with Crippen molar-refractivity contribution >= 4 is 5.91 Å². The third-order valence-corrected chi connectivity index (χ3v) is 4.28. The Balaban J connectivity index is 2.06. The number of carbonyl (C=O) groups excluding carboxylic acids is 1. The zero-order chi connectivity index (χ0) is 13.4. The molecule has 0 aromatic carbocycles. The van der Waals surface area contributed by atoms with Crippen LogP contribution in [0.25, 0.3) is 0 Å². The third kappa shape index (κ3) is 5.85. The third-order valence-electron chi connectivity index (χ3n) is 4.28. The Morgan fingerprint density at radius 1 is 1.17 bits per heavy atom. The van der Waals surface area contributed by atoms with E-state index in [1.807, 2.05) is 6.92 Å². The standard InChI is InChI=1S/C15H30N2O/c1-4-12(3)17-15(18)11-16-10-14-8-6-13(5-2)7-9-14/h12-14,16H,4-11H2,1-3H3,(H,17,18). The summed E-state index contributed by atoms with van der Waals surface area (Å²) < 4.78 is 0. The van der Waals surface area contributed by atoms with Crippen LogP contribution in [0.4, 0.5) is 0 Å². The van der Waals surface area contributed by atoms with Gasteiger partial charge in [-0.15, -0.1) is 0 Å². The second-order valence-corrected chi connectivity index (χ2v) is 5.80. The molecule has 1 rings (SSSR count). The zero-order valence-corrected chi connectivity index (χ0v) is 12.3. The van der Waals surface area contributed by atoms with Crippen LogP contribution in [0.2, 0.25) is 0 Å². The van der Waals surface area contributed by atoms with Crippen molar-refractivity contribution in [3.8, 4) is 0 Å². The highest BCUT2D eigenvalue weighted by atomic mass is 16.1. The normalized spacial score (nSPS) is 25.7. The van der Waals surface area contributed by atoms with E-state index >= 15 is 0 Å². The van der Waals surface area contributed by atoms with Crippen molar-refractivity contribution in [3.63, 3.8) is 0 Å². The van der Waals surface area contributed by atoms with Crippen LogP contribution in [-0.4, -0.2) is 25.0 Å². The molecule has 3 nitrogen and oxygen atoms in total. The first kappa shape index (κ1) is 15.5. The van der Waals surface area contributed by atoms with Gasteiger partial charge in [0.15, 0.2) is 0 Å². The molecule has 1 atom stereocenters. The van der Waals surface area contributed by atoms with Crippen LogP contribution in [0.1, 0.15) is 59.3 Å². The van der Waals surface area contributed by atoms with Gasteiger partial charge in [-0.25, -0.2) is 0 Å². The quantitative estimate of drug-likeness (QED) is 0.733. The smallest absolute Gasteiger partial charge is 0.234 e. The maximum atomic E-state index is 11.6. The van der Waals surface area contributed by atoms with Crippen LogP contribution in [0.5, 0.6) is 0 Å². The minimum atomic E-state index is 0.131. The number of nitrogens with one attached hydrogen (secondary N) is 2. The SMILES string of the molecule is CCC1CCC(CNCC(=O)NC(C)CC)CC1. The first-order valence-electron chi connectivity index (χ1n) is 7.65. The van der Waals surface area contributed by atoms with E-state index in [1.54, 1.807) is 0 Å². The fraction of sp³-hybridized carbons (Fsp3) is 0.933. The van der Waals surface area contributed by atoms with Crippen molar-refractivity contribution in [1.82, 2.24) is 10.6 Å². The van der Waals surface area contributed by atoms with E-state index in [9.17, 15) is 4.79 Å². The molecule has 0 heterocycles. The summed E-state index contributed by atoms with van der Waals surface area (Å²) in [6, 6.07) is 0.291. The molecule has 1 amide bonds. The molecule has 0 spiro atoms. The van der Waals surface area contributed by atoms with Gasteiger partial charge in [-0.2, -0.15) is 0 Å². The predicted molar refractivity (Wildman–Crippen MR) is 76.5 cm³/mol. The van der Waals surface area contributed by atoms with Gasteiger partial charge in [0.25, 0.3) is 0 Å². The molecule has 0 bridgehead atoms. The highest BCUT2D eigenvalue weighted by molar-refractivity contribution is 5.78. The summed E-state index contributed by atoms with van der Waals surface area (Å²) in [6.07, 6.45) is 7.74. The van der Waals surface area contributed by atoms with Crippen LogP contribution >= 0.6 is 0 Å². The van der Waals surface area contributed by atoms with Crippen molar-refractivity contribution in [2.45, 2.75) is 65.3 Å². The molecule has 1 aliphatic carbocycles. The second kappa shape index (κ2) is 8.52. The summed E-state index contributed by atoms with van der Waals surface area (Å²) in [5.74, 6) is 1.87. The molecule has 18 heavy (non-hydrogen) atoms. The molecule has 3 heteroatoms. The average molecular weight is 254 g/mol. The van der Waals surface area contributed by atoms with E-state index in [2.05, 4.69) is 24.5 Å². The summed E-state index contributed by atoms with van der Waals surface area (Å²) in [7, 11) is 0. The van der Waals surface area contributed by atoms with Gasteiger partial charge >= 0.3 is 0 Å². The summed E-state index contributed by atoms with van der Waals surface area (Å²) in [5, 5.41) is 6.29. The largest absolute Gasteiger partial charge is 0.353 e. The highest BCUT2D eigenvalue weighted by Gasteiger charge is 2.19. The van der Waals surface area contributed by atoms with Crippen molar-refractivity contribution < 1.29 is 4.79 Å². The molecule has 0 aromatic rings. The lowest BCUT2D eigenvalue weighted by molar-refractivity contribution is -0.120. The van der Waals surface area contributed by atoms with Gasteiger partial charge in [0.1, 0.15) is 0 Å². The average Bonchev–Trinajstić information content (AvgIpc) is 2.39. The Labute approximate surface area is 112 Å². The fourth-order valence-electron chi connectivity index (χ4n) is 2.66. The summed E-state index contributed by atoms with van der Waals surface area (Å²) >= 11 is 0. The Morgan fingerprint density at radius 3 is 2.33 bits per heavy atom. The Kier molecular flexibility index (Phi) is 7.33. The Morgan fingerprint density at radius 2 is 1.78 bits per heavy atom. The number of hydrogen-bond donors (Lipinski definition) is 2. The van der Waals surface area contributed by atoms with Gasteiger partial charge in [0.2, 0.25) is 5.91 Å². The number of carbonyl (C=O) groups is 1. The van der Waals surface area contributed by atoms with E-state index in [4.69, 9.17) is 0 Å². The van der Waals surface area contributed by atoms with Gasteiger partial charge in [-0.05, 0) is 44.6 Å². The molecular formula is C15H30N2O. The monoisotopic (exact) mass is 254 g/mol. The lowest BCUT2D eigenvalue weighted by atomic mass is 9.81. The zero-order valence-electron chi connectivity index (χ0n) is 12.3. The molecule has 106 valence electrons. The molecule has 1 saturated carbocycles. The lowest BCUT2D eigenvalue weighted by Gasteiger charge is -2.27. The Hall–Kier alpha value is -0.570. The van der Waals surface area contributed by atoms with Crippen LogP contribution in [0.3, 0.4) is 0 Å². The van der Waals surface area contributed by atoms with Crippen molar-refractivity contribution in [1.29, 1.82) is 0 Å². The van der Waals surface area contributed by atoms with E-state index in [-0.39, 0.29) is 5.91 Å². The summed E-state index contributed by atoms with van der Waals surface area (Å²) in [5.41, 5.74) is 0. The van der Waals surface area contributed by atoms with E-state index in [0.29, 0.717) is 12.6 Å². The van der Waals surface area contributed by atoms with Crippen LogP contribution in [0, 0.1) is 11.8 Å². The predicted octanol–water partition coefficient (Wildman–Crippen LogP) is 2.71. The van der Waals surface area contributed by atoms with E-state index < -0.39 is 0 Å². The molecular weight excluding hydrogens is 224 g/mol. The van der Waals surface area contributed by atoms with Crippen molar-refractivity contribution in [3.05, 3.63) is 0 Å². The van der Waals surface area contributed by atoms with Gasteiger partial charge in [0.05, 0.1) is 6.54 Å². The highest BCUT2D eigenvalue weighted by Crippen LogP contribution is 2.29. The molecule has 1 fully saturated rings. The fourth-order valence-corrected chi connectivity index (χ4v) is 2.66. The topological polar surface area (TPSA) is 41.1 Å². The molecule has 1 aliphatic rings. The van der Waals surface area contributed by atoms with Gasteiger partial charge in [0, 0.05) is 6.04 Å². The number of amides is 1. The van der Waals surface area contributed by atoms with Crippen LogP contribution < -0.4 is 10.6 Å². The van der Waals surface area contributed by atoms with Crippen molar-refractivity contribution in [2.75, 3.05) is 13.1 Å². The Bertz CT molecular complexity index is 235. The first-order valence-corrected chi connectivity index (χ1v) is 7.65. The first-order chi connectivity index (χ1) is 8.65. The van der Waals surface area contributed by atoms with Crippen LogP contribution in [-0.2, 0) is 4.79 Å². The summed E-state index contributed by atoms with van der Waals surface area (Å²) in [4.78, 5) is 11.6. The summed E-state index contributed by atoms with van der Waals surface area (Å²) in [6.45, 7) is 7.90. The number of rotatable bonds is 7. The molecule has 0 saturated heterocycles. The maximum absolute atomic E-state index is 11.6. The molecule has 0 aromatic heterocycles. The van der Waals surface area contributed by atoms with Gasteiger partial charge < -0.3 is 10.6 Å². The van der Waals surface area contributed by atoms with Crippen LogP contribution in [0.15, 0.2) is 0 Å². The maximum Gasteiger partial charge on any atom is 0.234 e. The van der Waals surface area contributed by atoms with Gasteiger partial charge in [-0.3, -0.25) is 4.79 Å². The lowest BCUT2D eigenvalue weighted by Crippen LogP contribution is -2.40. The minimum Gasteiger partial charge on any atom is -0.353 e. The molecule has 0 aliphatic heterocycles. The van der Waals surface area contributed by atoms with Gasteiger partial charge in [-0.1, -0.05) is 33.1 Å². The van der Waals surface area contributed by atoms with E-state index in [0.717, 1.165) is 24.8 Å². The number of hydrogen-bond acceptors (Lipinski definition) is 2. The second-order valence-electron chi connectivity index (χ2n) is 5.80. The van der Waals surface area contributed by atoms with Crippen molar-refractivity contribution in [2.24, 2.45) is 11.8 Å².